The molecule has 8 nitrogen and oxygen atoms in total. The smallest absolute Gasteiger partial charge is 0.370 e. The summed E-state index contributed by atoms with van der Waals surface area (Å²) in [7, 11) is 0. The minimum atomic E-state index is -4.58. The Bertz CT molecular complexity index is 1410. The van der Waals surface area contributed by atoms with Crippen LogP contribution in [-0.4, -0.2) is 50.2 Å². The average Bonchev–Trinajstić information content (AvgIpc) is 3.42. The number of carbonyl (C=O) groups is 1. The van der Waals surface area contributed by atoms with Gasteiger partial charge in [-0.1, -0.05) is 11.6 Å². The molecule has 2 aliphatic heterocycles. The number of hydrogen-bond donors (Lipinski definition) is 0. The maximum Gasteiger partial charge on any atom is 0.451 e. The quantitative estimate of drug-likeness (QED) is 0.532. The molecule has 1 saturated heterocycles. The molecule has 0 bridgehead atoms. The lowest BCUT2D eigenvalue weighted by molar-refractivity contribution is -0.148. The first-order valence-electron chi connectivity index (χ1n) is 11.2. The number of piperidine rings is 1. The Morgan fingerprint density at radius 1 is 1.23 bits per heavy atom. The fraction of sp³-hybridized carbons (Fsp3) is 0.435. The van der Waals surface area contributed by atoms with E-state index in [1.165, 1.54) is 0 Å². The third kappa shape index (κ3) is 3.42. The predicted molar refractivity (Wildman–Crippen MR) is 119 cm³/mol. The summed E-state index contributed by atoms with van der Waals surface area (Å²) in [6, 6.07) is 7.60. The molecule has 3 aromatic rings. The summed E-state index contributed by atoms with van der Waals surface area (Å²) in [5.41, 5.74) is 1.45. The normalized spacial score (nSPS) is 23.6. The highest BCUT2D eigenvalue weighted by atomic mass is 35.5. The molecular weight excluding hydrogens is 483 g/mol. The third-order valence-electron chi connectivity index (χ3n) is 7.46. The second-order valence-electron chi connectivity index (χ2n) is 9.36. The van der Waals surface area contributed by atoms with Gasteiger partial charge in [0.1, 0.15) is 6.07 Å². The summed E-state index contributed by atoms with van der Waals surface area (Å²) in [6.07, 6.45) is -1.70. The summed E-state index contributed by atoms with van der Waals surface area (Å²) in [5, 5.41) is 18.0. The van der Waals surface area contributed by atoms with Crippen LogP contribution in [-0.2, 0) is 24.1 Å². The van der Waals surface area contributed by atoms with Crippen LogP contribution in [0.2, 0.25) is 5.02 Å². The topological polar surface area (TPSA) is 90.9 Å². The highest BCUT2D eigenvalue weighted by molar-refractivity contribution is 6.31. The van der Waals surface area contributed by atoms with E-state index in [0.717, 1.165) is 21.2 Å². The van der Waals surface area contributed by atoms with Crippen molar-refractivity contribution in [2.45, 2.75) is 32.1 Å². The van der Waals surface area contributed by atoms with Crippen molar-refractivity contribution in [3.8, 4) is 6.07 Å². The fourth-order valence-electron chi connectivity index (χ4n) is 5.62. The molecule has 1 amide bonds. The number of rotatable bonds is 2. The van der Waals surface area contributed by atoms with Crippen molar-refractivity contribution in [3.05, 3.63) is 46.6 Å². The van der Waals surface area contributed by atoms with Crippen molar-refractivity contribution in [3.63, 3.8) is 0 Å². The van der Waals surface area contributed by atoms with Crippen LogP contribution < -0.4 is 4.90 Å². The van der Waals surface area contributed by atoms with Gasteiger partial charge in [0.25, 0.3) is 0 Å². The molecule has 0 spiro atoms. The number of nitrogens with zero attached hydrogens (tertiary/aromatic N) is 7. The molecule has 2 atom stereocenters. The first kappa shape index (κ1) is 22.1. The van der Waals surface area contributed by atoms with E-state index in [2.05, 4.69) is 26.2 Å². The number of anilines is 1. The molecule has 2 aromatic heterocycles. The third-order valence-corrected chi connectivity index (χ3v) is 7.69. The Morgan fingerprint density at radius 3 is 2.80 bits per heavy atom. The molecule has 0 unspecified atom stereocenters. The van der Waals surface area contributed by atoms with Crippen molar-refractivity contribution in [2.24, 2.45) is 11.3 Å². The Kier molecular flexibility index (Phi) is 4.77. The zero-order valence-electron chi connectivity index (χ0n) is 18.4. The van der Waals surface area contributed by atoms with E-state index in [1.807, 2.05) is 6.07 Å². The van der Waals surface area contributed by atoms with Gasteiger partial charge in [0.2, 0.25) is 11.7 Å². The number of carbonyl (C=O) groups excluding carboxylic acids is 1. The van der Waals surface area contributed by atoms with Gasteiger partial charge in [-0.15, -0.1) is 10.2 Å². The monoisotopic (exact) mass is 501 g/mol. The number of amides is 1. The minimum Gasteiger partial charge on any atom is -0.370 e. The zero-order valence-corrected chi connectivity index (χ0v) is 19.1. The maximum atomic E-state index is 13.5. The van der Waals surface area contributed by atoms with Crippen molar-refractivity contribution in [2.75, 3.05) is 24.5 Å². The molecule has 2 fully saturated rings. The summed E-state index contributed by atoms with van der Waals surface area (Å²) in [5.74, 6) is -0.800. The molecule has 0 N–H and O–H groups in total. The molecule has 0 radical (unpaired) electrons. The van der Waals surface area contributed by atoms with E-state index in [1.54, 1.807) is 23.2 Å². The second-order valence-corrected chi connectivity index (χ2v) is 9.80. The number of hydrogen-bond acceptors (Lipinski definition) is 6. The lowest BCUT2D eigenvalue weighted by Crippen LogP contribution is -2.47. The molecule has 1 aromatic carbocycles. The number of alkyl halides is 3. The Hall–Kier alpha value is -3.39. The number of aromatic nitrogens is 4. The Labute approximate surface area is 202 Å². The SMILES string of the molecule is N#Cc1cnc2ccc(Cl)cc2c1N1CC[C@]2(C(=O)N3CCn4c(nnc4C(F)(F)F)C3)C[C@@H]2C1. The molecule has 6 rings (SSSR count). The van der Waals surface area contributed by atoms with E-state index in [-0.39, 0.29) is 37.3 Å². The largest absolute Gasteiger partial charge is 0.451 e. The van der Waals surface area contributed by atoms with Crippen LogP contribution in [0.5, 0.6) is 0 Å². The highest BCUT2D eigenvalue weighted by Gasteiger charge is 2.63. The van der Waals surface area contributed by atoms with Crippen LogP contribution in [0.4, 0.5) is 18.9 Å². The van der Waals surface area contributed by atoms with E-state index in [9.17, 15) is 23.2 Å². The molecular formula is C23H19ClF3N7O. The summed E-state index contributed by atoms with van der Waals surface area (Å²) >= 11 is 6.22. The number of halogens is 4. The van der Waals surface area contributed by atoms with Gasteiger partial charge in [-0.25, -0.2) is 0 Å². The van der Waals surface area contributed by atoms with E-state index in [4.69, 9.17) is 11.6 Å². The van der Waals surface area contributed by atoms with Crippen LogP contribution >= 0.6 is 11.6 Å². The van der Waals surface area contributed by atoms with Crippen LogP contribution in [0, 0.1) is 22.7 Å². The first-order valence-corrected chi connectivity index (χ1v) is 11.6. The van der Waals surface area contributed by atoms with Gasteiger partial charge in [-0.05, 0) is 37.0 Å². The lowest BCUT2D eigenvalue weighted by atomic mass is 9.92. The zero-order chi connectivity index (χ0) is 24.5. The predicted octanol–water partition coefficient (Wildman–Crippen LogP) is 3.63. The van der Waals surface area contributed by atoms with Crippen LogP contribution in [0.25, 0.3) is 10.9 Å². The van der Waals surface area contributed by atoms with Crippen LogP contribution in [0.3, 0.4) is 0 Å². The van der Waals surface area contributed by atoms with Crippen molar-refractivity contribution >= 4 is 34.1 Å². The van der Waals surface area contributed by atoms with Gasteiger partial charge in [0, 0.05) is 42.8 Å². The van der Waals surface area contributed by atoms with Crippen molar-refractivity contribution < 1.29 is 18.0 Å². The molecule has 3 aliphatic rings. The molecule has 35 heavy (non-hydrogen) atoms. The molecule has 1 saturated carbocycles. The van der Waals surface area contributed by atoms with E-state index >= 15 is 0 Å². The number of benzene rings is 1. The van der Waals surface area contributed by atoms with E-state index in [0.29, 0.717) is 36.5 Å². The van der Waals surface area contributed by atoms with Gasteiger partial charge in [0.15, 0.2) is 5.82 Å². The number of nitriles is 1. The summed E-state index contributed by atoms with van der Waals surface area (Å²) < 4.78 is 40.5. The average molecular weight is 502 g/mol. The maximum absolute atomic E-state index is 13.5. The molecule has 12 heteroatoms. The van der Waals surface area contributed by atoms with Gasteiger partial charge < -0.3 is 14.4 Å². The standard InChI is InChI=1S/C23H19ClF3N7O/c24-15-1-2-17-16(7-15)19(13(9-28)10-29-17)32-4-3-22(8-14(22)11-32)21(35)33-5-6-34-18(12-33)30-31-20(34)23(25,26)27/h1-2,7,10,14H,3-6,8,11-12H2/t14-,22+/m1/s1. The number of fused-ring (bicyclic) bond motifs is 3. The van der Waals surface area contributed by atoms with Crippen LogP contribution in [0.15, 0.2) is 24.4 Å². The van der Waals surface area contributed by atoms with Gasteiger partial charge in [-0.3, -0.25) is 9.78 Å². The molecule has 1 aliphatic carbocycles. The minimum absolute atomic E-state index is 0.0189. The van der Waals surface area contributed by atoms with Gasteiger partial charge >= 0.3 is 6.18 Å². The Balaban J connectivity index is 1.22. The lowest BCUT2D eigenvalue weighted by Gasteiger charge is -2.37. The second kappa shape index (κ2) is 7.55. The Morgan fingerprint density at radius 2 is 2.06 bits per heavy atom. The fourth-order valence-corrected chi connectivity index (χ4v) is 5.79. The highest BCUT2D eigenvalue weighted by Crippen LogP contribution is 2.60. The summed E-state index contributed by atoms with van der Waals surface area (Å²) in [6.45, 7) is 1.41. The van der Waals surface area contributed by atoms with Crippen molar-refractivity contribution in [1.82, 2.24) is 24.6 Å². The summed E-state index contributed by atoms with van der Waals surface area (Å²) in [4.78, 5) is 21.6. The van der Waals surface area contributed by atoms with E-state index < -0.39 is 17.4 Å². The molecule has 180 valence electrons. The number of pyridine rings is 1. The van der Waals surface area contributed by atoms with Gasteiger partial charge in [0.05, 0.1) is 28.7 Å². The van der Waals surface area contributed by atoms with Crippen LogP contribution in [0.1, 0.15) is 30.1 Å². The van der Waals surface area contributed by atoms with Gasteiger partial charge in [-0.2, -0.15) is 18.4 Å². The first-order chi connectivity index (χ1) is 16.7. The molecule has 4 heterocycles. The van der Waals surface area contributed by atoms with Crippen molar-refractivity contribution in [1.29, 1.82) is 5.26 Å².